The van der Waals surface area contributed by atoms with E-state index in [4.69, 9.17) is 10.2 Å². The zero-order valence-corrected chi connectivity index (χ0v) is 13.5. The summed E-state index contributed by atoms with van der Waals surface area (Å²) in [5, 5.41) is 28.3. The van der Waals surface area contributed by atoms with Crippen LogP contribution in [-0.2, 0) is 19.1 Å². The van der Waals surface area contributed by atoms with Crippen LogP contribution in [-0.4, -0.2) is 44.9 Å². The van der Waals surface area contributed by atoms with Crippen LogP contribution in [0.4, 0.5) is 0 Å². The van der Waals surface area contributed by atoms with Crippen LogP contribution >= 0.6 is 0 Å². The molecule has 0 saturated carbocycles. The fourth-order valence-electron chi connectivity index (χ4n) is 2.97. The van der Waals surface area contributed by atoms with Crippen molar-refractivity contribution in [3.63, 3.8) is 0 Å². The molecule has 1 saturated heterocycles. The highest BCUT2D eigenvalue weighted by atomic mass is 16.6. The van der Waals surface area contributed by atoms with E-state index < -0.39 is 35.5 Å². The van der Waals surface area contributed by atoms with Gasteiger partial charge in [-0.15, -0.1) is 0 Å². The first kappa shape index (κ1) is 19.4. The minimum absolute atomic E-state index is 0.111. The quantitative estimate of drug-likeness (QED) is 0.391. The molecule has 7 nitrogen and oxygen atoms in total. The molecule has 0 aromatic rings. The lowest BCUT2D eigenvalue weighted by molar-refractivity contribution is -0.179. The van der Waals surface area contributed by atoms with Crippen molar-refractivity contribution in [3.05, 3.63) is 0 Å². The average Bonchev–Trinajstić information content (AvgIpc) is 2.75. The second-order valence-electron chi connectivity index (χ2n) is 6.10. The molecule has 3 atom stereocenters. The maximum atomic E-state index is 11.7. The average molecular weight is 330 g/mol. The Kier molecular flexibility index (Phi) is 7.48. The minimum atomic E-state index is -2.69. The van der Waals surface area contributed by atoms with Crippen molar-refractivity contribution in [2.45, 2.75) is 76.4 Å². The fourth-order valence-corrected chi connectivity index (χ4v) is 2.97. The standard InChI is InChI=1S/C16H26O7/c1-2-3-4-5-6-7-8-9-10-11-14(19)23-12(13(17)18)16(11,22)15(20)21/h11-12,22H,2-10H2,1H3,(H,17,18)(H,20,21)/t11-,12+,16-/m1/s1. The first-order chi connectivity index (χ1) is 10.9. The van der Waals surface area contributed by atoms with Crippen molar-refractivity contribution in [1.82, 2.24) is 0 Å². The molecule has 7 heteroatoms. The first-order valence-corrected chi connectivity index (χ1v) is 8.24. The molecule has 0 unspecified atom stereocenters. The van der Waals surface area contributed by atoms with Crippen molar-refractivity contribution in [2.75, 3.05) is 0 Å². The number of aliphatic carboxylic acids is 2. The summed E-state index contributed by atoms with van der Waals surface area (Å²) in [5.41, 5.74) is -2.69. The van der Waals surface area contributed by atoms with E-state index in [2.05, 4.69) is 11.7 Å². The zero-order chi connectivity index (χ0) is 17.5. The minimum Gasteiger partial charge on any atom is -0.479 e. The van der Waals surface area contributed by atoms with E-state index in [9.17, 15) is 19.5 Å². The number of ether oxygens (including phenoxy) is 1. The number of hydrogen-bond acceptors (Lipinski definition) is 5. The van der Waals surface area contributed by atoms with Crippen LogP contribution < -0.4 is 0 Å². The molecular formula is C16H26O7. The van der Waals surface area contributed by atoms with Gasteiger partial charge >= 0.3 is 17.9 Å². The van der Waals surface area contributed by atoms with Gasteiger partial charge in [0.1, 0.15) is 5.92 Å². The zero-order valence-electron chi connectivity index (χ0n) is 13.5. The van der Waals surface area contributed by atoms with Gasteiger partial charge in [-0.2, -0.15) is 0 Å². The highest BCUT2D eigenvalue weighted by Crippen LogP contribution is 2.36. The molecule has 0 aromatic carbocycles. The van der Waals surface area contributed by atoms with E-state index in [1.165, 1.54) is 19.3 Å². The number of carboxylic acids is 2. The molecule has 0 spiro atoms. The predicted octanol–water partition coefficient (Wildman–Crippen LogP) is 1.96. The third kappa shape index (κ3) is 4.67. The van der Waals surface area contributed by atoms with Gasteiger partial charge in [-0.1, -0.05) is 58.3 Å². The summed E-state index contributed by atoms with van der Waals surface area (Å²) in [5.74, 6) is -5.67. The SMILES string of the molecule is CCCCCCCCCC[C@@H]1C(=O)O[C@@H](C(=O)O)[C@@]1(O)C(=O)O. The van der Waals surface area contributed by atoms with E-state index in [1.807, 2.05) is 0 Å². The van der Waals surface area contributed by atoms with E-state index in [0.717, 1.165) is 25.7 Å². The smallest absolute Gasteiger partial charge is 0.348 e. The monoisotopic (exact) mass is 330 g/mol. The summed E-state index contributed by atoms with van der Waals surface area (Å²) in [6.07, 6.45) is 6.23. The number of rotatable bonds is 11. The molecule has 1 fully saturated rings. The van der Waals surface area contributed by atoms with Crippen LogP contribution in [0.3, 0.4) is 0 Å². The van der Waals surface area contributed by atoms with Gasteiger partial charge in [0.15, 0.2) is 0 Å². The van der Waals surface area contributed by atoms with Crippen molar-refractivity contribution in [3.8, 4) is 0 Å². The number of esters is 1. The Labute approximate surface area is 135 Å². The normalized spacial score (nSPS) is 27.0. The van der Waals surface area contributed by atoms with Crippen LogP contribution in [0.15, 0.2) is 0 Å². The maximum Gasteiger partial charge on any atom is 0.348 e. The molecule has 0 aliphatic carbocycles. The number of aliphatic hydroxyl groups is 1. The number of carbonyl (C=O) groups excluding carboxylic acids is 1. The molecule has 0 aromatic heterocycles. The molecule has 1 aliphatic rings. The fraction of sp³-hybridized carbons (Fsp3) is 0.812. The van der Waals surface area contributed by atoms with Gasteiger partial charge in [0.05, 0.1) is 0 Å². The van der Waals surface area contributed by atoms with Gasteiger partial charge < -0.3 is 20.1 Å². The summed E-state index contributed by atoms with van der Waals surface area (Å²) >= 11 is 0. The molecule has 132 valence electrons. The third-order valence-corrected chi connectivity index (χ3v) is 4.36. The van der Waals surface area contributed by atoms with E-state index in [1.54, 1.807) is 0 Å². The van der Waals surface area contributed by atoms with E-state index in [0.29, 0.717) is 6.42 Å². The van der Waals surface area contributed by atoms with Crippen LogP contribution in [0.5, 0.6) is 0 Å². The second kappa shape index (κ2) is 8.86. The largest absolute Gasteiger partial charge is 0.479 e. The highest BCUT2D eigenvalue weighted by Gasteiger charge is 2.64. The van der Waals surface area contributed by atoms with Gasteiger partial charge in [0, 0.05) is 0 Å². The van der Waals surface area contributed by atoms with Crippen LogP contribution in [0.2, 0.25) is 0 Å². The van der Waals surface area contributed by atoms with Crippen LogP contribution in [0.25, 0.3) is 0 Å². The summed E-state index contributed by atoms with van der Waals surface area (Å²) in [6, 6.07) is 0. The topological polar surface area (TPSA) is 121 Å². The van der Waals surface area contributed by atoms with Crippen LogP contribution in [0, 0.1) is 5.92 Å². The Hall–Kier alpha value is -1.63. The molecule has 1 aliphatic heterocycles. The molecule has 0 radical (unpaired) electrons. The van der Waals surface area contributed by atoms with Crippen LogP contribution in [0.1, 0.15) is 64.7 Å². The molecule has 23 heavy (non-hydrogen) atoms. The second-order valence-corrected chi connectivity index (χ2v) is 6.10. The third-order valence-electron chi connectivity index (χ3n) is 4.36. The van der Waals surface area contributed by atoms with Gasteiger partial charge in [-0.3, -0.25) is 4.79 Å². The lowest BCUT2D eigenvalue weighted by atomic mass is 9.82. The molecule has 0 amide bonds. The lowest BCUT2D eigenvalue weighted by Gasteiger charge is -2.24. The van der Waals surface area contributed by atoms with Gasteiger partial charge in [-0.05, 0) is 6.42 Å². The molecule has 3 N–H and O–H groups in total. The number of carbonyl (C=O) groups is 3. The van der Waals surface area contributed by atoms with Crippen molar-refractivity contribution in [1.29, 1.82) is 0 Å². The summed E-state index contributed by atoms with van der Waals surface area (Å²) in [7, 11) is 0. The Morgan fingerprint density at radius 1 is 1.04 bits per heavy atom. The van der Waals surface area contributed by atoms with Crippen molar-refractivity contribution >= 4 is 17.9 Å². The summed E-state index contributed by atoms with van der Waals surface area (Å²) in [6.45, 7) is 2.15. The molecular weight excluding hydrogens is 304 g/mol. The Morgan fingerprint density at radius 3 is 2.04 bits per heavy atom. The number of cyclic esters (lactones) is 1. The molecule has 0 bridgehead atoms. The molecule has 1 rings (SSSR count). The first-order valence-electron chi connectivity index (χ1n) is 8.24. The number of hydrogen-bond donors (Lipinski definition) is 3. The number of unbranched alkanes of at least 4 members (excludes halogenated alkanes) is 7. The maximum absolute atomic E-state index is 11.7. The summed E-state index contributed by atoms with van der Waals surface area (Å²) in [4.78, 5) is 34.0. The lowest BCUT2D eigenvalue weighted by Crippen LogP contribution is -2.54. The highest BCUT2D eigenvalue weighted by molar-refractivity contribution is 5.97. The van der Waals surface area contributed by atoms with E-state index in [-0.39, 0.29) is 6.42 Å². The van der Waals surface area contributed by atoms with Gasteiger partial charge in [-0.25, -0.2) is 9.59 Å². The summed E-state index contributed by atoms with van der Waals surface area (Å²) < 4.78 is 4.57. The Morgan fingerprint density at radius 2 is 1.57 bits per heavy atom. The van der Waals surface area contributed by atoms with E-state index >= 15 is 0 Å². The Balaban J connectivity index is 2.46. The van der Waals surface area contributed by atoms with Crippen molar-refractivity contribution in [2.24, 2.45) is 5.92 Å². The van der Waals surface area contributed by atoms with Gasteiger partial charge in [0.25, 0.3) is 0 Å². The van der Waals surface area contributed by atoms with Crippen molar-refractivity contribution < 1.29 is 34.4 Å². The van der Waals surface area contributed by atoms with Gasteiger partial charge in [0.2, 0.25) is 11.7 Å². The predicted molar refractivity (Wildman–Crippen MR) is 80.8 cm³/mol. The number of carboxylic acid groups (broad SMARTS) is 2. The molecule has 1 heterocycles. The Bertz CT molecular complexity index is 434.